The van der Waals surface area contributed by atoms with Gasteiger partial charge in [-0.05, 0) is 37.3 Å². The Kier molecular flexibility index (Phi) is 5.71. The summed E-state index contributed by atoms with van der Waals surface area (Å²) < 4.78 is 31.1. The van der Waals surface area contributed by atoms with Gasteiger partial charge in [-0.15, -0.1) is 0 Å². The van der Waals surface area contributed by atoms with Gasteiger partial charge >= 0.3 is 0 Å². The van der Waals surface area contributed by atoms with E-state index in [-0.39, 0.29) is 17.5 Å². The molecule has 1 fully saturated rings. The number of hydrogen-bond donors (Lipinski definition) is 2. The van der Waals surface area contributed by atoms with Gasteiger partial charge in [0.25, 0.3) is 0 Å². The number of methoxy groups -OCH3 is 1. The van der Waals surface area contributed by atoms with E-state index in [2.05, 4.69) is 10.1 Å². The summed E-state index contributed by atoms with van der Waals surface area (Å²) in [5.41, 5.74) is 0.728. The summed E-state index contributed by atoms with van der Waals surface area (Å²) in [5, 5.41) is 3.78. The topological polar surface area (TPSA) is 81.4 Å². The van der Waals surface area contributed by atoms with E-state index >= 15 is 0 Å². The van der Waals surface area contributed by atoms with Crippen LogP contribution in [-0.4, -0.2) is 54.4 Å². The van der Waals surface area contributed by atoms with Crippen LogP contribution < -0.4 is 9.64 Å². The lowest BCUT2D eigenvalue weighted by atomic mass is 10.2. The molecule has 2 heterocycles. The third-order valence-corrected chi connectivity index (χ3v) is 7.04. The Labute approximate surface area is 162 Å². The highest BCUT2D eigenvalue weighted by Gasteiger charge is 2.35. The molecule has 0 bridgehead atoms. The largest absolute Gasteiger partial charge is 0.496 e. The zero-order valence-electron chi connectivity index (χ0n) is 14.7. The van der Waals surface area contributed by atoms with Gasteiger partial charge in [-0.25, -0.2) is 13.1 Å². The molecule has 2 atom stereocenters. The summed E-state index contributed by atoms with van der Waals surface area (Å²) >= 11 is 11.5. The zero-order valence-corrected chi connectivity index (χ0v) is 17.0. The number of aromatic nitrogens is 3. The molecule has 0 amide bonds. The minimum absolute atomic E-state index is 0.0827. The number of nitrogens with zero attached hydrogens (tertiary/aromatic N) is 2. The van der Waals surface area contributed by atoms with E-state index < -0.39 is 9.84 Å². The SMILES string of the molecule is CC[NH+](Cn1[nH]c(-c2cc(Cl)ccc2OC)nc1=S)[C@H]1CCS(=O)(=O)C1. The molecular formula is C16H22ClN4O3S2+. The lowest BCUT2D eigenvalue weighted by Gasteiger charge is -2.23. The average molecular weight is 418 g/mol. The van der Waals surface area contributed by atoms with Crippen molar-refractivity contribution in [3.8, 4) is 17.1 Å². The number of rotatable bonds is 6. The van der Waals surface area contributed by atoms with Crippen molar-refractivity contribution >= 4 is 33.7 Å². The fourth-order valence-electron chi connectivity index (χ4n) is 3.30. The Morgan fingerprint density at radius 3 is 2.88 bits per heavy atom. The highest BCUT2D eigenvalue weighted by atomic mass is 35.5. The van der Waals surface area contributed by atoms with Crippen LogP contribution in [0.4, 0.5) is 0 Å². The molecule has 1 aliphatic heterocycles. The second-order valence-corrected chi connectivity index (χ2v) is 9.43. The van der Waals surface area contributed by atoms with Crippen LogP contribution in [0.2, 0.25) is 5.02 Å². The van der Waals surface area contributed by atoms with Gasteiger partial charge in [-0.3, -0.25) is 5.10 Å². The number of H-pyrrole nitrogens is 1. The molecule has 7 nitrogen and oxygen atoms in total. The number of halogens is 1. The summed E-state index contributed by atoms with van der Waals surface area (Å²) in [6.07, 6.45) is 0.682. The van der Waals surface area contributed by atoms with E-state index in [0.717, 1.165) is 17.0 Å². The molecule has 0 radical (unpaired) electrons. The van der Waals surface area contributed by atoms with Crippen LogP contribution in [0.1, 0.15) is 13.3 Å². The van der Waals surface area contributed by atoms with Gasteiger partial charge in [0.05, 0.1) is 25.0 Å². The number of ether oxygens (including phenoxy) is 1. The van der Waals surface area contributed by atoms with Crippen molar-refractivity contribution in [1.29, 1.82) is 0 Å². The van der Waals surface area contributed by atoms with Crippen LogP contribution in [0, 0.1) is 4.77 Å². The van der Waals surface area contributed by atoms with Crippen molar-refractivity contribution in [3.63, 3.8) is 0 Å². The molecule has 1 aromatic heterocycles. The molecular weight excluding hydrogens is 396 g/mol. The summed E-state index contributed by atoms with van der Waals surface area (Å²) in [4.78, 5) is 5.59. The maximum absolute atomic E-state index is 11.8. The lowest BCUT2D eigenvalue weighted by molar-refractivity contribution is -0.943. The van der Waals surface area contributed by atoms with Crippen LogP contribution in [0.15, 0.2) is 18.2 Å². The summed E-state index contributed by atoms with van der Waals surface area (Å²) in [6.45, 7) is 3.38. The summed E-state index contributed by atoms with van der Waals surface area (Å²) in [6, 6.07) is 5.38. The molecule has 142 valence electrons. The standard InChI is InChI=1S/C16H21ClN4O3S2/c1-3-20(12-6-7-26(22,23)9-12)10-21-16(25)18-15(19-21)13-8-11(17)4-5-14(13)24-2/h4-5,8,12H,3,6-7,9-10H2,1-2H3,(H,18,19,25)/p+1/t12-/m0/s1. The summed E-state index contributed by atoms with van der Waals surface area (Å²) in [7, 11) is -1.33. The molecule has 0 saturated carbocycles. The molecule has 0 aliphatic carbocycles. The Morgan fingerprint density at radius 1 is 1.50 bits per heavy atom. The molecule has 26 heavy (non-hydrogen) atoms. The first-order valence-corrected chi connectivity index (χ1v) is 11.0. The maximum atomic E-state index is 11.8. The number of sulfone groups is 1. The Balaban J connectivity index is 1.87. The van der Waals surface area contributed by atoms with Gasteiger partial charge in [-0.2, -0.15) is 4.98 Å². The predicted molar refractivity (Wildman–Crippen MR) is 103 cm³/mol. The number of aromatic amines is 1. The fraction of sp³-hybridized carbons (Fsp3) is 0.500. The number of quaternary nitrogens is 1. The van der Waals surface area contributed by atoms with Gasteiger partial charge < -0.3 is 9.64 Å². The third-order valence-electron chi connectivity index (χ3n) is 4.72. The fourth-order valence-corrected chi connectivity index (χ4v) is 5.50. The average Bonchev–Trinajstić information content (AvgIpc) is 3.14. The van der Waals surface area contributed by atoms with E-state index in [1.165, 1.54) is 0 Å². The monoisotopic (exact) mass is 417 g/mol. The second-order valence-electron chi connectivity index (χ2n) is 6.40. The highest BCUT2D eigenvalue weighted by molar-refractivity contribution is 7.91. The normalized spacial score (nSPS) is 20.2. The molecule has 2 aromatic rings. The molecule has 2 N–H and O–H groups in total. The van der Waals surface area contributed by atoms with Crippen molar-refractivity contribution in [2.24, 2.45) is 0 Å². The number of hydrogen-bond acceptors (Lipinski definition) is 5. The van der Waals surface area contributed by atoms with E-state index in [1.54, 1.807) is 30.0 Å². The minimum atomic E-state index is -2.92. The molecule has 1 aromatic carbocycles. The smallest absolute Gasteiger partial charge is 0.221 e. The van der Waals surface area contributed by atoms with E-state index in [9.17, 15) is 8.42 Å². The van der Waals surface area contributed by atoms with Gasteiger partial charge in [0.1, 0.15) is 17.5 Å². The van der Waals surface area contributed by atoms with E-state index in [0.29, 0.717) is 34.5 Å². The van der Waals surface area contributed by atoms with Crippen LogP contribution >= 0.6 is 23.8 Å². The highest BCUT2D eigenvalue weighted by Crippen LogP contribution is 2.30. The van der Waals surface area contributed by atoms with E-state index in [1.807, 2.05) is 6.92 Å². The first-order valence-electron chi connectivity index (χ1n) is 8.38. The first kappa shape index (κ1) is 19.3. The number of benzene rings is 1. The third kappa shape index (κ3) is 4.11. The van der Waals surface area contributed by atoms with Crippen molar-refractivity contribution in [3.05, 3.63) is 28.0 Å². The Hall–Kier alpha value is -1.42. The Bertz CT molecular complexity index is 955. The van der Waals surface area contributed by atoms with Gasteiger partial charge in [0, 0.05) is 11.4 Å². The maximum Gasteiger partial charge on any atom is 0.221 e. The quantitative estimate of drug-likeness (QED) is 0.693. The number of nitrogens with one attached hydrogen (secondary N) is 2. The summed E-state index contributed by atoms with van der Waals surface area (Å²) in [5.74, 6) is 1.71. The molecule has 1 saturated heterocycles. The van der Waals surface area contributed by atoms with E-state index in [4.69, 9.17) is 28.6 Å². The van der Waals surface area contributed by atoms with Crippen LogP contribution in [0.3, 0.4) is 0 Å². The van der Waals surface area contributed by atoms with Crippen molar-refractivity contribution in [1.82, 2.24) is 14.8 Å². The van der Waals surface area contributed by atoms with Crippen molar-refractivity contribution in [2.45, 2.75) is 26.1 Å². The molecule has 0 spiro atoms. The Morgan fingerprint density at radius 2 is 2.27 bits per heavy atom. The van der Waals surface area contributed by atoms with Gasteiger partial charge in [-0.1, -0.05) is 11.6 Å². The molecule has 10 heteroatoms. The lowest BCUT2D eigenvalue weighted by Crippen LogP contribution is -3.15. The second kappa shape index (κ2) is 7.67. The predicted octanol–water partition coefficient (Wildman–Crippen LogP) is 1.32. The molecule has 1 unspecified atom stereocenters. The van der Waals surface area contributed by atoms with Gasteiger partial charge in [0.15, 0.2) is 22.3 Å². The molecule has 1 aliphatic rings. The zero-order chi connectivity index (χ0) is 18.9. The van der Waals surface area contributed by atoms with Crippen molar-refractivity contribution in [2.75, 3.05) is 25.2 Å². The van der Waals surface area contributed by atoms with Gasteiger partial charge in [0.2, 0.25) is 4.77 Å². The van der Waals surface area contributed by atoms with Crippen LogP contribution in [0.5, 0.6) is 5.75 Å². The van der Waals surface area contributed by atoms with Crippen molar-refractivity contribution < 1.29 is 18.1 Å². The molecule has 3 rings (SSSR count). The first-order chi connectivity index (χ1) is 12.3. The minimum Gasteiger partial charge on any atom is -0.496 e. The van der Waals surface area contributed by atoms with Crippen LogP contribution in [-0.2, 0) is 16.5 Å². The van der Waals surface area contributed by atoms with Crippen LogP contribution in [0.25, 0.3) is 11.4 Å².